The quantitative estimate of drug-likeness (QED) is 0.775. The molecule has 0 aromatic heterocycles. The predicted octanol–water partition coefficient (Wildman–Crippen LogP) is 1.95. The molecule has 0 unspecified atom stereocenters. The van der Waals surface area contributed by atoms with Crippen LogP contribution in [-0.2, 0) is 0 Å². The van der Waals surface area contributed by atoms with E-state index in [1.807, 2.05) is 0 Å². The van der Waals surface area contributed by atoms with Gasteiger partial charge in [0.05, 0.1) is 12.2 Å². The summed E-state index contributed by atoms with van der Waals surface area (Å²) >= 11 is 0. The van der Waals surface area contributed by atoms with E-state index in [0.29, 0.717) is 0 Å². The molecule has 1 aromatic carbocycles. The topological polar surface area (TPSA) is 24.5 Å². The van der Waals surface area contributed by atoms with Gasteiger partial charge in [-0.25, -0.2) is 0 Å². The largest absolute Gasteiger partial charge is 0.489 e. The molecule has 3 nitrogen and oxygen atoms in total. The third kappa shape index (κ3) is 1.62. The molecule has 0 atom stereocenters. The smallest absolute Gasteiger partial charge is 0.144 e. The van der Waals surface area contributed by atoms with Crippen molar-refractivity contribution in [1.29, 1.82) is 0 Å². The van der Waals surface area contributed by atoms with Crippen LogP contribution in [0.3, 0.4) is 0 Å². The third-order valence-corrected chi connectivity index (χ3v) is 2.44. The number of nitrogens with zero attached hydrogens (tertiary/aromatic N) is 1. The molecule has 2 rings (SSSR count). The molecule has 1 aliphatic heterocycles. The third-order valence-electron chi connectivity index (χ3n) is 2.44. The molecule has 0 saturated heterocycles. The first-order valence-corrected chi connectivity index (χ1v) is 5.03. The van der Waals surface area contributed by atoms with E-state index >= 15 is 0 Å². The van der Waals surface area contributed by atoms with Crippen molar-refractivity contribution in [3.63, 3.8) is 0 Å². The monoisotopic (exact) mass is 192 g/mol. The Bertz CT molecular complexity index is 325. The normalized spacial score (nSPS) is 14.6. The van der Waals surface area contributed by atoms with Gasteiger partial charge in [-0.2, -0.15) is 0 Å². The number of ether oxygens (including phenoxy) is 1. The molecule has 1 aliphatic rings. The van der Waals surface area contributed by atoms with E-state index in [0.717, 1.165) is 31.1 Å². The molecule has 0 spiro atoms. The first-order chi connectivity index (χ1) is 6.81. The number of rotatable bonds is 2. The Morgan fingerprint density at radius 3 is 3.14 bits per heavy atom. The van der Waals surface area contributed by atoms with Crippen LogP contribution in [0.5, 0.6) is 5.75 Å². The minimum Gasteiger partial charge on any atom is -0.489 e. The van der Waals surface area contributed by atoms with Crippen molar-refractivity contribution in [2.75, 3.05) is 37.0 Å². The first kappa shape index (κ1) is 9.19. The highest BCUT2D eigenvalue weighted by Gasteiger charge is 2.14. The summed E-state index contributed by atoms with van der Waals surface area (Å²) in [5.74, 6) is 0.984. The summed E-state index contributed by atoms with van der Waals surface area (Å²) in [6, 6.07) is 6.26. The summed E-state index contributed by atoms with van der Waals surface area (Å²) in [5, 5.41) is 3.27. The summed E-state index contributed by atoms with van der Waals surface area (Å²) in [5.41, 5.74) is 2.31. The zero-order valence-electron chi connectivity index (χ0n) is 8.71. The van der Waals surface area contributed by atoms with Crippen LogP contribution in [-0.4, -0.2) is 26.7 Å². The van der Waals surface area contributed by atoms with Gasteiger partial charge in [0, 0.05) is 25.3 Å². The summed E-state index contributed by atoms with van der Waals surface area (Å²) in [7, 11) is 2.09. The fraction of sp³-hybridized carbons (Fsp3) is 0.455. The molecular weight excluding hydrogens is 176 g/mol. The van der Waals surface area contributed by atoms with Crippen molar-refractivity contribution in [2.45, 2.75) is 6.92 Å². The van der Waals surface area contributed by atoms with Crippen molar-refractivity contribution in [1.82, 2.24) is 0 Å². The van der Waals surface area contributed by atoms with E-state index in [2.05, 4.69) is 42.4 Å². The molecule has 14 heavy (non-hydrogen) atoms. The van der Waals surface area contributed by atoms with Gasteiger partial charge in [-0.1, -0.05) is 0 Å². The van der Waals surface area contributed by atoms with Gasteiger partial charge in [0.15, 0.2) is 0 Å². The molecular formula is C11H16N2O. The Hall–Kier alpha value is -1.38. The van der Waals surface area contributed by atoms with Crippen molar-refractivity contribution in [2.24, 2.45) is 0 Å². The zero-order valence-corrected chi connectivity index (χ0v) is 8.71. The molecule has 1 aromatic rings. The molecule has 76 valence electrons. The maximum absolute atomic E-state index is 5.60. The number of benzene rings is 1. The maximum Gasteiger partial charge on any atom is 0.144 e. The lowest BCUT2D eigenvalue weighted by molar-refractivity contribution is 0.311. The fourth-order valence-electron chi connectivity index (χ4n) is 1.67. The highest BCUT2D eigenvalue weighted by molar-refractivity contribution is 5.65. The average molecular weight is 192 g/mol. The van der Waals surface area contributed by atoms with Crippen LogP contribution in [0.4, 0.5) is 11.4 Å². The summed E-state index contributed by atoms with van der Waals surface area (Å²) in [6.07, 6.45) is 0. The van der Waals surface area contributed by atoms with Gasteiger partial charge in [0.2, 0.25) is 0 Å². The van der Waals surface area contributed by atoms with E-state index in [4.69, 9.17) is 4.74 Å². The molecule has 1 N–H and O–H groups in total. The molecule has 3 heteroatoms. The number of likely N-dealkylation sites (N-methyl/N-ethyl adjacent to an activating group) is 1. The Kier molecular flexibility index (Phi) is 2.48. The molecule has 0 bridgehead atoms. The van der Waals surface area contributed by atoms with Gasteiger partial charge in [0.1, 0.15) is 12.4 Å². The highest BCUT2D eigenvalue weighted by Crippen LogP contribution is 2.32. The number of hydrogen-bond donors (Lipinski definition) is 1. The van der Waals surface area contributed by atoms with E-state index in [1.165, 1.54) is 5.69 Å². The molecule has 0 saturated carbocycles. The number of hydrogen-bond acceptors (Lipinski definition) is 3. The van der Waals surface area contributed by atoms with E-state index in [-0.39, 0.29) is 0 Å². The van der Waals surface area contributed by atoms with Gasteiger partial charge in [0.25, 0.3) is 0 Å². The standard InChI is InChI=1S/C11H16N2O/c1-3-12-9-4-5-10-11(8-9)14-7-6-13(10)2/h4-5,8,12H,3,6-7H2,1-2H3. The highest BCUT2D eigenvalue weighted by atomic mass is 16.5. The van der Waals surface area contributed by atoms with Crippen LogP contribution < -0.4 is 15.0 Å². The number of nitrogens with one attached hydrogen (secondary N) is 1. The van der Waals surface area contributed by atoms with Crippen molar-refractivity contribution < 1.29 is 4.74 Å². The van der Waals surface area contributed by atoms with Gasteiger partial charge in [-0.05, 0) is 19.1 Å². The van der Waals surface area contributed by atoms with Crippen LogP contribution in [0.15, 0.2) is 18.2 Å². The second-order valence-electron chi connectivity index (χ2n) is 3.48. The van der Waals surface area contributed by atoms with Crippen LogP contribution in [0.1, 0.15) is 6.92 Å². The predicted molar refractivity (Wildman–Crippen MR) is 59.4 cm³/mol. The van der Waals surface area contributed by atoms with Crippen LogP contribution >= 0.6 is 0 Å². The maximum atomic E-state index is 5.60. The Morgan fingerprint density at radius 1 is 1.50 bits per heavy atom. The van der Waals surface area contributed by atoms with E-state index in [9.17, 15) is 0 Å². The van der Waals surface area contributed by atoms with E-state index in [1.54, 1.807) is 0 Å². The zero-order chi connectivity index (χ0) is 9.97. The summed E-state index contributed by atoms with van der Waals surface area (Å²) in [4.78, 5) is 2.22. The molecule has 0 aliphatic carbocycles. The van der Waals surface area contributed by atoms with Crippen LogP contribution in [0.2, 0.25) is 0 Å². The summed E-state index contributed by atoms with van der Waals surface area (Å²) < 4.78 is 5.60. The first-order valence-electron chi connectivity index (χ1n) is 5.03. The SMILES string of the molecule is CCNc1ccc2c(c1)OCCN2C. The molecule has 1 heterocycles. The van der Waals surface area contributed by atoms with Crippen LogP contribution in [0.25, 0.3) is 0 Å². The summed E-state index contributed by atoms with van der Waals surface area (Å²) in [6.45, 7) is 4.77. The molecule has 0 radical (unpaired) electrons. The molecule has 0 amide bonds. The van der Waals surface area contributed by atoms with E-state index < -0.39 is 0 Å². The van der Waals surface area contributed by atoms with Crippen molar-refractivity contribution in [3.05, 3.63) is 18.2 Å². The molecule has 0 fully saturated rings. The Labute approximate surface area is 84.7 Å². The lowest BCUT2D eigenvalue weighted by atomic mass is 10.2. The Balaban J connectivity index is 2.29. The lowest BCUT2D eigenvalue weighted by Crippen LogP contribution is -2.28. The second-order valence-corrected chi connectivity index (χ2v) is 3.48. The minimum absolute atomic E-state index is 0.777. The van der Waals surface area contributed by atoms with Crippen molar-refractivity contribution in [3.8, 4) is 5.75 Å². The van der Waals surface area contributed by atoms with Crippen LogP contribution in [0, 0.1) is 0 Å². The average Bonchev–Trinajstić information content (AvgIpc) is 2.18. The lowest BCUT2D eigenvalue weighted by Gasteiger charge is -2.28. The fourth-order valence-corrected chi connectivity index (χ4v) is 1.67. The minimum atomic E-state index is 0.777. The number of anilines is 2. The number of fused-ring (bicyclic) bond motifs is 1. The van der Waals surface area contributed by atoms with Gasteiger partial charge in [-0.3, -0.25) is 0 Å². The van der Waals surface area contributed by atoms with Gasteiger partial charge in [-0.15, -0.1) is 0 Å². The second kappa shape index (κ2) is 3.78. The van der Waals surface area contributed by atoms with Gasteiger partial charge < -0.3 is 15.0 Å². The van der Waals surface area contributed by atoms with Crippen molar-refractivity contribution >= 4 is 11.4 Å². The van der Waals surface area contributed by atoms with Gasteiger partial charge >= 0.3 is 0 Å². The Morgan fingerprint density at radius 2 is 2.36 bits per heavy atom.